The fraction of sp³-hybridized carbons (Fsp3) is 0.800. The van der Waals surface area contributed by atoms with Gasteiger partial charge in [0.15, 0.2) is 6.29 Å². The minimum Gasteiger partial charge on any atom is -0.395 e. The Kier molecular flexibility index (Phi) is 4.63. The Bertz CT molecular complexity index is 108. The molecule has 0 unspecified atom stereocenters. The van der Waals surface area contributed by atoms with Gasteiger partial charge in [-0.05, 0) is 0 Å². The van der Waals surface area contributed by atoms with Crippen LogP contribution in [0.4, 0.5) is 0 Å². The van der Waals surface area contributed by atoms with Crippen LogP contribution in [-0.2, 0) is 4.79 Å². The van der Waals surface area contributed by atoms with Crippen molar-refractivity contribution in [1.29, 1.82) is 0 Å². The van der Waals surface area contributed by atoms with E-state index in [9.17, 15) is 4.79 Å². The fourth-order valence-electron chi connectivity index (χ4n) is 0.416. The summed E-state index contributed by atoms with van der Waals surface area (Å²) < 4.78 is 0. The van der Waals surface area contributed by atoms with Crippen LogP contribution in [0.5, 0.6) is 0 Å². The number of thiol groups is 1. The van der Waals surface area contributed by atoms with E-state index in [1.165, 1.54) is 0 Å². The molecule has 3 N–H and O–H groups in total. The third-order valence-electron chi connectivity index (χ3n) is 1.07. The van der Waals surface area contributed by atoms with Gasteiger partial charge in [-0.1, -0.05) is 0 Å². The molecule has 0 heterocycles. The molecule has 5 heteroatoms. The molecule has 0 amide bonds. The maximum Gasteiger partial charge on any atom is 0.151 e. The Balaban J connectivity index is 3.80. The summed E-state index contributed by atoms with van der Waals surface area (Å²) in [6, 6.07) is 0. The van der Waals surface area contributed by atoms with Gasteiger partial charge >= 0.3 is 0 Å². The first kappa shape index (κ1) is 9.90. The van der Waals surface area contributed by atoms with Gasteiger partial charge in [-0.15, -0.1) is 0 Å². The number of hydrogen-bond acceptors (Lipinski definition) is 5. The molecule has 3 atom stereocenters. The van der Waals surface area contributed by atoms with E-state index in [2.05, 4.69) is 12.6 Å². The second kappa shape index (κ2) is 4.68. The Morgan fingerprint density at radius 3 is 2.30 bits per heavy atom. The normalized spacial score (nSPS) is 19.6. The number of carbonyl (C=O) groups excluding carboxylic acids is 1. The van der Waals surface area contributed by atoms with Gasteiger partial charge in [0, 0.05) is 0 Å². The molecule has 0 aliphatic carbocycles. The molecule has 0 aromatic carbocycles. The number of aliphatic hydroxyl groups is 3. The molecular formula is C5H10O4S. The summed E-state index contributed by atoms with van der Waals surface area (Å²) in [5.74, 6) is 0. The second-order valence-electron chi connectivity index (χ2n) is 1.87. The zero-order chi connectivity index (χ0) is 8.15. The highest BCUT2D eigenvalue weighted by Gasteiger charge is 2.21. The highest BCUT2D eigenvalue weighted by molar-refractivity contribution is 7.81. The Morgan fingerprint density at radius 1 is 1.50 bits per heavy atom. The van der Waals surface area contributed by atoms with Crippen molar-refractivity contribution < 1.29 is 20.1 Å². The van der Waals surface area contributed by atoms with Crippen LogP contribution in [0.25, 0.3) is 0 Å². The van der Waals surface area contributed by atoms with E-state index < -0.39 is 17.5 Å². The van der Waals surface area contributed by atoms with Gasteiger partial charge < -0.3 is 20.1 Å². The fourth-order valence-corrected chi connectivity index (χ4v) is 0.592. The van der Waals surface area contributed by atoms with Crippen molar-refractivity contribution in [2.45, 2.75) is 17.5 Å². The first-order chi connectivity index (χ1) is 4.63. The first-order valence-electron chi connectivity index (χ1n) is 2.73. The van der Waals surface area contributed by atoms with E-state index in [0.717, 1.165) is 0 Å². The predicted octanol–water partition coefficient (Wildman–Crippen LogP) is -1.80. The van der Waals surface area contributed by atoms with E-state index in [1.807, 2.05) is 0 Å². The van der Waals surface area contributed by atoms with E-state index in [1.54, 1.807) is 0 Å². The van der Waals surface area contributed by atoms with E-state index >= 15 is 0 Å². The largest absolute Gasteiger partial charge is 0.395 e. The summed E-state index contributed by atoms with van der Waals surface area (Å²) in [6.45, 7) is -0.380. The quantitative estimate of drug-likeness (QED) is 0.293. The number of aliphatic hydroxyl groups excluding tert-OH is 3. The van der Waals surface area contributed by atoms with Crippen molar-refractivity contribution in [3.05, 3.63) is 0 Å². The highest BCUT2D eigenvalue weighted by Crippen LogP contribution is 2.03. The molecule has 0 aromatic heterocycles. The molecule has 4 nitrogen and oxygen atoms in total. The van der Waals surface area contributed by atoms with Crippen molar-refractivity contribution >= 4 is 18.9 Å². The molecule has 0 aliphatic rings. The monoisotopic (exact) mass is 166 g/mol. The molecule has 0 aliphatic heterocycles. The van der Waals surface area contributed by atoms with Crippen LogP contribution >= 0.6 is 12.6 Å². The minimum atomic E-state index is -1.46. The number of carbonyl (C=O) groups is 1. The Morgan fingerprint density at radius 2 is 2.00 bits per heavy atom. The first-order valence-corrected chi connectivity index (χ1v) is 3.25. The zero-order valence-electron chi connectivity index (χ0n) is 5.21. The van der Waals surface area contributed by atoms with Gasteiger partial charge in [-0.25, -0.2) is 0 Å². The molecule has 0 spiro atoms. The topological polar surface area (TPSA) is 77.8 Å². The summed E-state index contributed by atoms with van der Waals surface area (Å²) in [7, 11) is 0. The zero-order valence-corrected chi connectivity index (χ0v) is 6.11. The van der Waals surface area contributed by atoms with Gasteiger partial charge in [0.05, 0.1) is 11.9 Å². The van der Waals surface area contributed by atoms with Gasteiger partial charge in [0.25, 0.3) is 0 Å². The van der Waals surface area contributed by atoms with Crippen LogP contribution in [0.2, 0.25) is 0 Å². The molecule has 60 valence electrons. The van der Waals surface area contributed by atoms with E-state index in [-0.39, 0.29) is 12.9 Å². The van der Waals surface area contributed by atoms with Crippen molar-refractivity contribution in [3.63, 3.8) is 0 Å². The third kappa shape index (κ3) is 2.66. The average molecular weight is 166 g/mol. The van der Waals surface area contributed by atoms with Crippen molar-refractivity contribution in [2.24, 2.45) is 0 Å². The van der Waals surface area contributed by atoms with Gasteiger partial charge in [-0.2, -0.15) is 12.6 Å². The summed E-state index contributed by atoms with van der Waals surface area (Å²) in [4.78, 5) is 9.84. The smallest absolute Gasteiger partial charge is 0.151 e. The lowest BCUT2D eigenvalue weighted by molar-refractivity contribution is -0.120. The number of aldehydes is 1. The third-order valence-corrected chi connectivity index (χ3v) is 1.54. The van der Waals surface area contributed by atoms with Crippen molar-refractivity contribution in [2.75, 3.05) is 6.61 Å². The van der Waals surface area contributed by atoms with Crippen molar-refractivity contribution in [1.82, 2.24) is 0 Å². The Hall–Kier alpha value is -0.100. The Labute approximate surface area is 63.9 Å². The average Bonchev–Trinajstić information content (AvgIpc) is 2.00. The molecule has 10 heavy (non-hydrogen) atoms. The standard InChI is InChI=1S/C5H10O4S/c6-1-3(8)5(9)4(10)2-7/h1,3-5,7-10H,2H2/t3-,4-,5+/m1/s1. The van der Waals surface area contributed by atoms with E-state index in [4.69, 9.17) is 15.3 Å². The van der Waals surface area contributed by atoms with Crippen LogP contribution in [0.15, 0.2) is 0 Å². The highest BCUT2D eigenvalue weighted by atomic mass is 32.1. The van der Waals surface area contributed by atoms with Crippen LogP contribution in [0, 0.1) is 0 Å². The molecule has 0 saturated carbocycles. The summed E-state index contributed by atoms with van der Waals surface area (Å²) in [5.41, 5.74) is 0. The van der Waals surface area contributed by atoms with E-state index in [0.29, 0.717) is 0 Å². The van der Waals surface area contributed by atoms with Gasteiger partial charge in [0.1, 0.15) is 12.2 Å². The minimum absolute atomic E-state index is 0.198. The molecule has 0 fully saturated rings. The molecule has 0 rings (SSSR count). The van der Waals surface area contributed by atoms with Crippen molar-refractivity contribution in [3.8, 4) is 0 Å². The molecule has 0 bridgehead atoms. The lowest BCUT2D eigenvalue weighted by Gasteiger charge is -2.16. The second-order valence-corrected chi connectivity index (χ2v) is 2.53. The predicted molar refractivity (Wildman–Crippen MR) is 37.9 cm³/mol. The maximum absolute atomic E-state index is 9.84. The molecular weight excluding hydrogens is 156 g/mol. The van der Waals surface area contributed by atoms with Gasteiger partial charge in [-0.3, -0.25) is 0 Å². The molecule has 0 aromatic rings. The van der Waals surface area contributed by atoms with Crippen LogP contribution in [0.3, 0.4) is 0 Å². The molecule has 0 saturated heterocycles. The molecule has 0 radical (unpaired) electrons. The van der Waals surface area contributed by atoms with Crippen LogP contribution < -0.4 is 0 Å². The van der Waals surface area contributed by atoms with Crippen LogP contribution in [0.1, 0.15) is 0 Å². The summed E-state index contributed by atoms with van der Waals surface area (Å²) >= 11 is 3.70. The lowest BCUT2D eigenvalue weighted by atomic mass is 10.1. The number of rotatable bonds is 4. The summed E-state index contributed by atoms with van der Waals surface area (Å²) in [6.07, 6.45) is -2.57. The number of hydrogen-bond donors (Lipinski definition) is 4. The maximum atomic E-state index is 9.84. The summed E-state index contributed by atoms with van der Waals surface area (Å²) in [5, 5.41) is 25.1. The van der Waals surface area contributed by atoms with Crippen LogP contribution in [-0.4, -0.2) is 45.7 Å². The lowest BCUT2D eigenvalue weighted by Crippen LogP contribution is -2.37. The van der Waals surface area contributed by atoms with Gasteiger partial charge in [0.2, 0.25) is 0 Å². The SMILES string of the molecule is O=C[C@@H](O)[C@H](O)[C@H](S)CO.